The minimum absolute atomic E-state index is 0.0406. The smallest absolute Gasteiger partial charge is 0.233 e. The van der Waals surface area contributed by atoms with Crippen molar-refractivity contribution in [2.45, 2.75) is 26.2 Å². The molecule has 0 bridgehead atoms. The van der Waals surface area contributed by atoms with Crippen molar-refractivity contribution in [3.05, 3.63) is 0 Å². The Balaban J connectivity index is 2.25. The molecule has 0 saturated carbocycles. The first-order chi connectivity index (χ1) is 8.17. The molecule has 1 rings (SSSR count). The highest BCUT2D eigenvalue weighted by Gasteiger charge is 2.25. The van der Waals surface area contributed by atoms with Gasteiger partial charge in [-0.2, -0.15) is 0 Å². The molecule has 1 heterocycles. The van der Waals surface area contributed by atoms with Crippen LogP contribution in [0.15, 0.2) is 0 Å². The molecule has 0 aromatic heterocycles. The number of hydrogen-bond donors (Lipinski definition) is 2. The maximum absolute atomic E-state index is 11.7. The summed E-state index contributed by atoms with van der Waals surface area (Å²) in [6, 6.07) is 0. The Bertz CT molecular complexity index is 260. The summed E-state index contributed by atoms with van der Waals surface area (Å²) in [5.41, 5.74) is 0. The first-order valence-corrected chi connectivity index (χ1v) is 6.38. The van der Waals surface area contributed by atoms with E-state index >= 15 is 0 Å². The molecule has 0 unspecified atom stereocenters. The van der Waals surface area contributed by atoms with Crippen molar-refractivity contribution in [2.75, 3.05) is 33.2 Å². The van der Waals surface area contributed by atoms with E-state index in [1.165, 1.54) is 0 Å². The predicted octanol–water partition coefficient (Wildman–Crippen LogP) is -0.0294. The van der Waals surface area contributed by atoms with E-state index in [0.29, 0.717) is 6.54 Å². The van der Waals surface area contributed by atoms with E-state index < -0.39 is 0 Å². The molecule has 2 N–H and O–H groups in total. The number of amides is 2. The molecule has 98 valence electrons. The molecule has 1 saturated heterocycles. The molecule has 0 aliphatic carbocycles. The molecule has 1 aliphatic heterocycles. The van der Waals surface area contributed by atoms with Crippen molar-refractivity contribution in [3.63, 3.8) is 0 Å². The van der Waals surface area contributed by atoms with Crippen molar-refractivity contribution < 1.29 is 9.59 Å². The van der Waals surface area contributed by atoms with E-state index in [2.05, 4.69) is 15.5 Å². The summed E-state index contributed by atoms with van der Waals surface area (Å²) >= 11 is 0. The molecule has 0 aromatic carbocycles. The van der Waals surface area contributed by atoms with E-state index in [0.717, 1.165) is 38.9 Å². The Hall–Kier alpha value is -1.10. The van der Waals surface area contributed by atoms with Gasteiger partial charge in [0.05, 0.1) is 6.54 Å². The third-order valence-corrected chi connectivity index (χ3v) is 3.15. The number of nitrogens with zero attached hydrogens (tertiary/aromatic N) is 1. The zero-order valence-corrected chi connectivity index (χ0v) is 10.8. The number of carbonyl (C=O) groups excluding carboxylic acids is 2. The van der Waals surface area contributed by atoms with Crippen LogP contribution in [0.4, 0.5) is 0 Å². The van der Waals surface area contributed by atoms with Gasteiger partial charge in [0.1, 0.15) is 0 Å². The molecule has 2 amide bonds. The predicted molar refractivity (Wildman–Crippen MR) is 66.5 cm³/mol. The van der Waals surface area contributed by atoms with Gasteiger partial charge in [0.2, 0.25) is 11.8 Å². The quantitative estimate of drug-likeness (QED) is 0.710. The molecule has 0 aromatic rings. The zero-order valence-electron chi connectivity index (χ0n) is 10.8. The van der Waals surface area contributed by atoms with Crippen molar-refractivity contribution in [1.82, 2.24) is 15.5 Å². The van der Waals surface area contributed by atoms with Gasteiger partial charge in [0.25, 0.3) is 0 Å². The number of likely N-dealkylation sites (tertiary alicyclic amines) is 1. The van der Waals surface area contributed by atoms with Crippen LogP contribution in [0.1, 0.15) is 26.2 Å². The third kappa shape index (κ3) is 4.73. The number of nitrogens with one attached hydrogen (secondary N) is 2. The SMILES string of the molecule is CCCNC(=O)C1CCN(CC(=O)NC)CC1. The minimum atomic E-state index is 0.0406. The fourth-order valence-corrected chi connectivity index (χ4v) is 2.03. The van der Waals surface area contributed by atoms with E-state index in [1.807, 2.05) is 6.92 Å². The summed E-state index contributed by atoms with van der Waals surface area (Å²) in [6.45, 7) is 4.92. The molecular weight excluding hydrogens is 218 g/mol. The van der Waals surface area contributed by atoms with Gasteiger partial charge in [-0.15, -0.1) is 0 Å². The highest BCUT2D eigenvalue weighted by molar-refractivity contribution is 5.79. The molecular formula is C12H23N3O2. The molecule has 5 nitrogen and oxygen atoms in total. The van der Waals surface area contributed by atoms with Crippen molar-refractivity contribution in [3.8, 4) is 0 Å². The maximum atomic E-state index is 11.7. The van der Waals surface area contributed by atoms with Crippen molar-refractivity contribution in [2.24, 2.45) is 5.92 Å². The molecule has 0 atom stereocenters. The van der Waals surface area contributed by atoms with E-state index in [4.69, 9.17) is 0 Å². The fourth-order valence-electron chi connectivity index (χ4n) is 2.03. The Kier molecular flexibility index (Phi) is 5.97. The topological polar surface area (TPSA) is 61.4 Å². The average molecular weight is 241 g/mol. The van der Waals surface area contributed by atoms with Gasteiger partial charge in [-0.3, -0.25) is 14.5 Å². The first kappa shape index (κ1) is 14.0. The number of hydrogen-bond acceptors (Lipinski definition) is 3. The number of likely N-dealkylation sites (N-methyl/N-ethyl adjacent to an activating group) is 1. The van der Waals surface area contributed by atoms with Gasteiger partial charge in [0, 0.05) is 19.5 Å². The average Bonchev–Trinajstić information content (AvgIpc) is 2.36. The van der Waals surface area contributed by atoms with Crippen LogP contribution < -0.4 is 10.6 Å². The number of carbonyl (C=O) groups is 2. The minimum Gasteiger partial charge on any atom is -0.358 e. The van der Waals surface area contributed by atoms with Crippen LogP contribution in [-0.4, -0.2) is 49.9 Å². The zero-order chi connectivity index (χ0) is 12.7. The summed E-state index contributed by atoms with van der Waals surface area (Å²) in [4.78, 5) is 25.0. The van der Waals surface area contributed by atoms with Gasteiger partial charge in [-0.25, -0.2) is 0 Å². The first-order valence-electron chi connectivity index (χ1n) is 6.38. The lowest BCUT2D eigenvalue weighted by Crippen LogP contribution is -2.44. The molecule has 1 fully saturated rings. The van der Waals surface area contributed by atoms with Crippen molar-refractivity contribution >= 4 is 11.8 Å². The van der Waals surface area contributed by atoms with Crippen LogP contribution in [-0.2, 0) is 9.59 Å². The van der Waals surface area contributed by atoms with Crippen LogP contribution in [0.3, 0.4) is 0 Å². The number of piperidine rings is 1. The van der Waals surface area contributed by atoms with E-state index in [9.17, 15) is 9.59 Å². The Morgan fingerprint density at radius 3 is 2.47 bits per heavy atom. The lowest BCUT2D eigenvalue weighted by Gasteiger charge is -2.30. The molecule has 17 heavy (non-hydrogen) atoms. The van der Waals surface area contributed by atoms with Crippen LogP contribution in [0.2, 0.25) is 0 Å². The summed E-state index contributed by atoms with van der Waals surface area (Å²) in [5, 5.41) is 5.55. The van der Waals surface area contributed by atoms with Gasteiger partial charge >= 0.3 is 0 Å². The standard InChI is InChI=1S/C12H23N3O2/c1-3-6-14-12(17)10-4-7-15(8-5-10)9-11(16)13-2/h10H,3-9H2,1-2H3,(H,13,16)(H,14,17). The highest BCUT2D eigenvalue weighted by atomic mass is 16.2. The largest absolute Gasteiger partial charge is 0.358 e. The van der Waals surface area contributed by atoms with Crippen LogP contribution in [0.5, 0.6) is 0 Å². The summed E-state index contributed by atoms with van der Waals surface area (Å²) < 4.78 is 0. The van der Waals surface area contributed by atoms with E-state index in [-0.39, 0.29) is 17.7 Å². The normalized spacial score (nSPS) is 17.8. The van der Waals surface area contributed by atoms with Gasteiger partial charge in [-0.1, -0.05) is 6.92 Å². The third-order valence-electron chi connectivity index (χ3n) is 3.15. The van der Waals surface area contributed by atoms with Gasteiger partial charge in [0.15, 0.2) is 0 Å². The van der Waals surface area contributed by atoms with Gasteiger partial charge in [-0.05, 0) is 32.4 Å². The van der Waals surface area contributed by atoms with Gasteiger partial charge < -0.3 is 10.6 Å². The second-order valence-corrected chi connectivity index (χ2v) is 4.51. The Morgan fingerprint density at radius 2 is 1.94 bits per heavy atom. The fraction of sp³-hybridized carbons (Fsp3) is 0.833. The van der Waals surface area contributed by atoms with Crippen molar-refractivity contribution in [1.29, 1.82) is 0 Å². The summed E-state index contributed by atoms with van der Waals surface area (Å²) in [7, 11) is 1.65. The van der Waals surface area contributed by atoms with Crippen LogP contribution in [0.25, 0.3) is 0 Å². The molecule has 0 spiro atoms. The molecule has 5 heteroatoms. The Labute approximate surface area is 103 Å². The maximum Gasteiger partial charge on any atom is 0.233 e. The molecule has 1 aliphatic rings. The summed E-state index contributed by atoms with van der Waals surface area (Å²) in [6.07, 6.45) is 2.68. The lowest BCUT2D eigenvalue weighted by atomic mass is 9.96. The second-order valence-electron chi connectivity index (χ2n) is 4.51. The van der Waals surface area contributed by atoms with Crippen LogP contribution in [0, 0.1) is 5.92 Å². The van der Waals surface area contributed by atoms with E-state index in [1.54, 1.807) is 7.05 Å². The molecule has 0 radical (unpaired) electrons. The number of rotatable bonds is 5. The monoisotopic (exact) mass is 241 g/mol. The lowest BCUT2D eigenvalue weighted by molar-refractivity contribution is -0.126. The van der Waals surface area contributed by atoms with Crippen LogP contribution >= 0.6 is 0 Å². The Morgan fingerprint density at radius 1 is 1.29 bits per heavy atom. The summed E-state index contributed by atoms with van der Waals surface area (Å²) in [5.74, 6) is 0.341. The second kappa shape index (κ2) is 7.27. The highest BCUT2D eigenvalue weighted by Crippen LogP contribution is 2.16.